The molecule has 0 saturated carbocycles. The number of anilines is 1. The van der Waals surface area contributed by atoms with Crippen molar-refractivity contribution in [3.8, 4) is 0 Å². The molecule has 1 unspecified atom stereocenters. The topological polar surface area (TPSA) is 82.3 Å². The van der Waals surface area contributed by atoms with E-state index in [0.717, 1.165) is 16.6 Å². The van der Waals surface area contributed by atoms with E-state index in [9.17, 15) is 13.2 Å². The number of nitrogens with one attached hydrogen (secondary N) is 2. The average molecular weight is 383 g/mol. The van der Waals surface area contributed by atoms with E-state index in [1.807, 2.05) is 30.5 Å². The van der Waals surface area contributed by atoms with Gasteiger partial charge in [0, 0.05) is 30.2 Å². The van der Waals surface area contributed by atoms with Crippen LogP contribution in [-0.4, -0.2) is 36.7 Å². The van der Waals surface area contributed by atoms with Gasteiger partial charge in [-0.15, -0.1) is 0 Å². The van der Waals surface area contributed by atoms with Crippen LogP contribution in [0.5, 0.6) is 0 Å². The number of aromatic nitrogens is 1. The molecule has 2 heterocycles. The molecule has 1 atom stereocenters. The summed E-state index contributed by atoms with van der Waals surface area (Å²) >= 11 is 0. The highest BCUT2D eigenvalue weighted by molar-refractivity contribution is 7.89. The molecule has 0 spiro atoms. The van der Waals surface area contributed by atoms with Crippen LogP contribution in [0.1, 0.15) is 12.8 Å². The maximum atomic E-state index is 12.8. The first-order valence-electron chi connectivity index (χ1n) is 8.98. The molecular weight excluding hydrogens is 362 g/mol. The van der Waals surface area contributed by atoms with Gasteiger partial charge in [-0.3, -0.25) is 4.79 Å². The number of hydrogen-bond acceptors (Lipinski definition) is 3. The molecule has 1 aliphatic rings. The summed E-state index contributed by atoms with van der Waals surface area (Å²) in [6.07, 6.45) is 3.17. The Morgan fingerprint density at radius 2 is 1.89 bits per heavy atom. The third-order valence-electron chi connectivity index (χ3n) is 4.99. The van der Waals surface area contributed by atoms with Gasteiger partial charge in [0.05, 0.1) is 16.5 Å². The molecule has 1 saturated heterocycles. The van der Waals surface area contributed by atoms with Crippen molar-refractivity contribution in [1.29, 1.82) is 0 Å². The zero-order valence-corrected chi connectivity index (χ0v) is 15.6. The summed E-state index contributed by atoms with van der Waals surface area (Å²) in [6.45, 7) is 0.639. The van der Waals surface area contributed by atoms with E-state index in [1.165, 1.54) is 4.31 Å². The van der Waals surface area contributed by atoms with Crippen LogP contribution in [0.25, 0.3) is 10.9 Å². The fraction of sp³-hybridized carbons (Fsp3) is 0.250. The number of rotatable bonds is 4. The molecule has 4 rings (SSSR count). The van der Waals surface area contributed by atoms with E-state index in [1.54, 1.807) is 30.3 Å². The monoisotopic (exact) mass is 383 g/mol. The largest absolute Gasteiger partial charge is 0.361 e. The Morgan fingerprint density at radius 3 is 2.70 bits per heavy atom. The minimum Gasteiger partial charge on any atom is -0.361 e. The highest BCUT2D eigenvalue weighted by Gasteiger charge is 2.33. The molecule has 7 heteroatoms. The first-order valence-corrected chi connectivity index (χ1v) is 10.4. The summed E-state index contributed by atoms with van der Waals surface area (Å²) in [5, 5.41) is 3.91. The summed E-state index contributed by atoms with van der Waals surface area (Å²) in [6, 6.07) is 16.0. The van der Waals surface area contributed by atoms with Gasteiger partial charge < -0.3 is 10.3 Å². The van der Waals surface area contributed by atoms with Crippen LogP contribution in [-0.2, 0) is 14.8 Å². The Kier molecular flexibility index (Phi) is 4.72. The molecule has 1 fully saturated rings. The number of benzene rings is 2. The van der Waals surface area contributed by atoms with Crippen molar-refractivity contribution in [2.24, 2.45) is 5.92 Å². The summed E-state index contributed by atoms with van der Waals surface area (Å²) in [7, 11) is -3.58. The third-order valence-corrected chi connectivity index (χ3v) is 6.87. The van der Waals surface area contributed by atoms with Crippen molar-refractivity contribution in [2.45, 2.75) is 17.7 Å². The first kappa shape index (κ1) is 17.8. The lowest BCUT2D eigenvalue weighted by Gasteiger charge is -2.31. The lowest BCUT2D eigenvalue weighted by atomic mass is 9.98. The smallest absolute Gasteiger partial charge is 0.243 e. The maximum absolute atomic E-state index is 12.8. The normalized spacial score (nSPS) is 18.4. The second-order valence-corrected chi connectivity index (χ2v) is 8.69. The maximum Gasteiger partial charge on any atom is 0.243 e. The molecule has 0 aliphatic carbocycles. The zero-order chi connectivity index (χ0) is 18.9. The van der Waals surface area contributed by atoms with Crippen LogP contribution in [0.2, 0.25) is 0 Å². The molecule has 27 heavy (non-hydrogen) atoms. The van der Waals surface area contributed by atoms with Gasteiger partial charge in [0.25, 0.3) is 0 Å². The fourth-order valence-electron chi connectivity index (χ4n) is 3.55. The number of fused-ring (bicyclic) bond motifs is 1. The van der Waals surface area contributed by atoms with E-state index in [0.29, 0.717) is 19.4 Å². The Bertz CT molecular complexity index is 1060. The third kappa shape index (κ3) is 3.48. The molecule has 0 bridgehead atoms. The average Bonchev–Trinajstić information content (AvgIpc) is 3.19. The number of aromatic amines is 1. The zero-order valence-electron chi connectivity index (χ0n) is 14.8. The second-order valence-electron chi connectivity index (χ2n) is 6.75. The van der Waals surface area contributed by atoms with Gasteiger partial charge in [-0.2, -0.15) is 4.31 Å². The van der Waals surface area contributed by atoms with Crippen LogP contribution in [0.3, 0.4) is 0 Å². The van der Waals surface area contributed by atoms with Gasteiger partial charge in [-0.1, -0.05) is 24.3 Å². The Morgan fingerprint density at radius 1 is 1.07 bits per heavy atom. The number of amides is 1. The molecule has 2 aromatic carbocycles. The van der Waals surface area contributed by atoms with Crippen LogP contribution < -0.4 is 5.32 Å². The molecule has 1 amide bonds. The highest BCUT2D eigenvalue weighted by Crippen LogP contribution is 2.27. The van der Waals surface area contributed by atoms with Gasteiger partial charge in [-0.25, -0.2) is 8.42 Å². The molecule has 1 aromatic heterocycles. The van der Waals surface area contributed by atoms with E-state index in [-0.39, 0.29) is 23.3 Å². The molecule has 3 aromatic rings. The molecule has 6 nitrogen and oxygen atoms in total. The highest BCUT2D eigenvalue weighted by atomic mass is 32.2. The predicted octanol–water partition coefficient (Wildman–Crippen LogP) is 3.21. The molecule has 2 N–H and O–H groups in total. The van der Waals surface area contributed by atoms with Crippen molar-refractivity contribution in [3.63, 3.8) is 0 Å². The second kappa shape index (κ2) is 7.17. The first-order chi connectivity index (χ1) is 13.1. The molecular formula is C20H21N3O3S. The lowest BCUT2D eigenvalue weighted by Crippen LogP contribution is -2.43. The summed E-state index contributed by atoms with van der Waals surface area (Å²) in [4.78, 5) is 16.2. The molecule has 140 valence electrons. The standard InChI is InChI=1S/C20H21N3O3S/c24-20(22-19-10-4-9-18-17(19)11-12-21-18)15-6-5-13-23(14-15)27(25,26)16-7-2-1-3-8-16/h1-4,7-12,15,21H,5-6,13-14H2,(H,22,24). The van der Waals surface area contributed by atoms with Gasteiger partial charge in [0.2, 0.25) is 15.9 Å². The lowest BCUT2D eigenvalue weighted by molar-refractivity contribution is -0.120. The predicted molar refractivity (Wildman–Crippen MR) is 105 cm³/mol. The van der Waals surface area contributed by atoms with Gasteiger partial charge in [-0.05, 0) is 43.2 Å². The molecule has 0 radical (unpaired) electrons. The summed E-state index contributed by atoms with van der Waals surface area (Å²) < 4.78 is 27.1. The van der Waals surface area contributed by atoms with Crippen LogP contribution in [0.4, 0.5) is 5.69 Å². The Balaban J connectivity index is 1.51. The van der Waals surface area contributed by atoms with Gasteiger partial charge in [0.1, 0.15) is 0 Å². The Hall–Kier alpha value is -2.64. The van der Waals surface area contributed by atoms with Crippen LogP contribution >= 0.6 is 0 Å². The van der Waals surface area contributed by atoms with Crippen LogP contribution in [0.15, 0.2) is 65.7 Å². The van der Waals surface area contributed by atoms with E-state index in [4.69, 9.17) is 0 Å². The Labute approximate surface area is 158 Å². The SMILES string of the molecule is O=C(Nc1cccc2[nH]ccc12)C1CCCN(S(=O)(=O)c2ccccc2)C1. The molecule has 1 aliphatic heterocycles. The number of nitrogens with zero attached hydrogens (tertiary/aromatic N) is 1. The number of sulfonamides is 1. The van der Waals surface area contributed by atoms with E-state index < -0.39 is 10.0 Å². The fourth-order valence-corrected chi connectivity index (χ4v) is 5.09. The van der Waals surface area contributed by atoms with E-state index in [2.05, 4.69) is 10.3 Å². The van der Waals surface area contributed by atoms with Crippen LogP contribution in [0, 0.1) is 5.92 Å². The number of carbonyl (C=O) groups is 1. The number of H-pyrrole nitrogens is 1. The van der Waals surface area contributed by atoms with E-state index >= 15 is 0 Å². The number of carbonyl (C=O) groups excluding carboxylic acids is 1. The summed E-state index contributed by atoms with van der Waals surface area (Å²) in [5.41, 5.74) is 1.69. The number of hydrogen-bond donors (Lipinski definition) is 2. The number of piperidine rings is 1. The van der Waals surface area contributed by atoms with Gasteiger partial charge in [0.15, 0.2) is 0 Å². The van der Waals surface area contributed by atoms with Crippen molar-refractivity contribution in [3.05, 3.63) is 60.8 Å². The van der Waals surface area contributed by atoms with Crippen molar-refractivity contribution in [2.75, 3.05) is 18.4 Å². The van der Waals surface area contributed by atoms with Crippen molar-refractivity contribution >= 4 is 32.5 Å². The summed E-state index contributed by atoms with van der Waals surface area (Å²) in [5.74, 6) is -0.511. The minimum absolute atomic E-state index is 0.142. The van der Waals surface area contributed by atoms with Gasteiger partial charge >= 0.3 is 0 Å². The minimum atomic E-state index is -3.58. The quantitative estimate of drug-likeness (QED) is 0.726. The van der Waals surface area contributed by atoms with Crippen molar-refractivity contribution in [1.82, 2.24) is 9.29 Å². The van der Waals surface area contributed by atoms with Crippen molar-refractivity contribution < 1.29 is 13.2 Å².